The normalized spacial score (nSPS) is 12.2. The molecule has 0 unspecified atom stereocenters. The van der Waals surface area contributed by atoms with Gasteiger partial charge in [-0.1, -0.05) is 23.6 Å². The van der Waals surface area contributed by atoms with Crippen LogP contribution in [0.4, 0.5) is 6.01 Å². The molecule has 0 atom stereocenters. The predicted molar refractivity (Wildman–Crippen MR) is 98.7 cm³/mol. The second-order valence-electron chi connectivity index (χ2n) is 5.81. The van der Waals surface area contributed by atoms with Crippen molar-refractivity contribution in [3.8, 4) is 0 Å². The number of halogens is 1. The van der Waals surface area contributed by atoms with E-state index in [-0.39, 0.29) is 29.6 Å². The number of amides is 1. The van der Waals surface area contributed by atoms with Gasteiger partial charge in [0.05, 0.1) is 21.2 Å². The molecule has 1 heterocycles. The van der Waals surface area contributed by atoms with Crippen molar-refractivity contribution < 1.29 is 26.0 Å². The fourth-order valence-electron chi connectivity index (χ4n) is 2.35. The number of nitrogens with zero attached hydrogens (tertiary/aromatic N) is 3. The topological polar surface area (TPSA) is 128 Å². The minimum atomic E-state index is -4.03. The summed E-state index contributed by atoms with van der Waals surface area (Å²) in [6.07, 6.45) is 1.12. The summed E-state index contributed by atoms with van der Waals surface area (Å²) in [5, 5.41) is 6.87. The Bertz CT molecular complexity index is 1090. The fourth-order valence-corrected chi connectivity index (χ4v) is 6.09. The molecule has 0 aliphatic rings. The molecule has 1 aromatic carbocycles. The zero-order valence-electron chi connectivity index (χ0n) is 15.1. The minimum absolute atomic E-state index is 0.112. The van der Waals surface area contributed by atoms with E-state index in [2.05, 4.69) is 10.2 Å². The number of rotatable bonds is 6. The van der Waals surface area contributed by atoms with Crippen molar-refractivity contribution in [2.24, 2.45) is 0 Å². The third-order valence-corrected chi connectivity index (χ3v) is 7.35. The van der Waals surface area contributed by atoms with E-state index in [1.165, 1.54) is 14.0 Å². The van der Waals surface area contributed by atoms with Gasteiger partial charge in [-0.25, -0.2) is 16.8 Å². The molecule has 0 N–H and O–H groups in total. The standard InChI is InChI=1S/C15H18ClN3O6S2/c1-5-8-27(23,24)13-11(26(4,21)22)7-6-10(12(13)16)14(20)19(3)15-18-17-9(2)25-15/h6-7H,5,8H2,1-4H3. The van der Waals surface area contributed by atoms with Crippen molar-refractivity contribution in [3.05, 3.63) is 28.6 Å². The summed E-state index contributed by atoms with van der Waals surface area (Å²) in [6.45, 7) is 3.17. The Kier molecular flexibility index (Phi) is 5.97. The van der Waals surface area contributed by atoms with Crippen molar-refractivity contribution in [1.29, 1.82) is 0 Å². The molecular weight excluding hydrogens is 418 g/mol. The van der Waals surface area contributed by atoms with Crippen LogP contribution in [0.25, 0.3) is 0 Å². The van der Waals surface area contributed by atoms with Gasteiger partial charge in [-0.3, -0.25) is 9.69 Å². The average Bonchev–Trinajstić information content (AvgIpc) is 2.98. The average molecular weight is 436 g/mol. The lowest BCUT2D eigenvalue weighted by molar-refractivity contribution is 0.0988. The lowest BCUT2D eigenvalue weighted by Crippen LogP contribution is -2.27. The van der Waals surface area contributed by atoms with E-state index in [1.54, 1.807) is 6.92 Å². The Labute approximate surface area is 162 Å². The minimum Gasteiger partial charge on any atom is -0.408 e. The van der Waals surface area contributed by atoms with E-state index in [4.69, 9.17) is 16.0 Å². The number of hydrogen-bond acceptors (Lipinski definition) is 8. The maximum Gasteiger partial charge on any atom is 0.324 e. The van der Waals surface area contributed by atoms with Crippen LogP contribution in [0, 0.1) is 6.92 Å². The zero-order chi connectivity index (χ0) is 20.6. The molecule has 9 nitrogen and oxygen atoms in total. The van der Waals surface area contributed by atoms with Crippen LogP contribution in [0.3, 0.4) is 0 Å². The van der Waals surface area contributed by atoms with E-state index >= 15 is 0 Å². The van der Waals surface area contributed by atoms with Crippen molar-refractivity contribution in [3.63, 3.8) is 0 Å². The van der Waals surface area contributed by atoms with E-state index < -0.39 is 40.4 Å². The highest BCUT2D eigenvalue weighted by Gasteiger charge is 2.31. The van der Waals surface area contributed by atoms with Crippen LogP contribution >= 0.6 is 11.6 Å². The Hall–Kier alpha value is -1.98. The maximum atomic E-state index is 12.7. The third-order valence-electron chi connectivity index (χ3n) is 3.58. The molecule has 0 radical (unpaired) electrons. The fraction of sp³-hybridized carbons (Fsp3) is 0.400. The van der Waals surface area contributed by atoms with E-state index in [0.29, 0.717) is 0 Å². The molecule has 0 spiro atoms. The summed E-state index contributed by atoms with van der Waals surface area (Å²) in [7, 11) is -6.59. The molecule has 0 fully saturated rings. The van der Waals surface area contributed by atoms with Gasteiger partial charge in [-0.2, -0.15) is 0 Å². The number of aromatic nitrogens is 2. The molecule has 0 aliphatic carbocycles. The summed E-state index contributed by atoms with van der Waals surface area (Å²) in [4.78, 5) is 12.7. The van der Waals surface area contributed by atoms with Gasteiger partial charge in [0, 0.05) is 20.2 Å². The molecule has 0 aliphatic heterocycles. The highest BCUT2D eigenvalue weighted by Crippen LogP contribution is 2.34. The van der Waals surface area contributed by atoms with Gasteiger partial charge in [0.1, 0.15) is 4.90 Å². The highest BCUT2D eigenvalue weighted by atomic mass is 35.5. The molecule has 12 heteroatoms. The van der Waals surface area contributed by atoms with E-state index in [9.17, 15) is 21.6 Å². The number of anilines is 1. The Morgan fingerprint density at radius 2 is 1.85 bits per heavy atom. The zero-order valence-corrected chi connectivity index (χ0v) is 17.4. The monoisotopic (exact) mass is 435 g/mol. The summed E-state index contributed by atoms with van der Waals surface area (Å²) < 4.78 is 54.5. The van der Waals surface area contributed by atoms with Crippen molar-refractivity contribution in [2.45, 2.75) is 30.1 Å². The van der Waals surface area contributed by atoms with Crippen LogP contribution in [0.2, 0.25) is 5.02 Å². The van der Waals surface area contributed by atoms with Gasteiger partial charge in [0.2, 0.25) is 5.89 Å². The van der Waals surface area contributed by atoms with Gasteiger partial charge in [-0.15, -0.1) is 5.10 Å². The molecule has 2 rings (SSSR count). The van der Waals surface area contributed by atoms with Gasteiger partial charge in [0.15, 0.2) is 19.7 Å². The lowest BCUT2D eigenvalue weighted by Gasteiger charge is -2.17. The second-order valence-corrected chi connectivity index (χ2v) is 10.2. The SMILES string of the molecule is CCCS(=O)(=O)c1c(S(C)(=O)=O)ccc(C(=O)N(C)c2nnc(C)o2)c1Cl. The summed E-state index contributed by atoms with van der Waals surface area (Å²) in [5.74, 6) is -0.808. The number of aryl methyl sites for hydroxylation is 1. The van der Waals surface area contributed by atoms with Gasteiger partial charge in [0.25, 0.3) is 5.91 Å². The molecule has 2 aromatic rings. The molecule has 148 valence electrons. The summed E-state index contributed by atoms with van der Waals surface area (Å²) in [5.41, 5.74) is -0.197. The van der Waals surface area contributed by atoms with Gasteiger partial charge in [-0.05, 0) is 18.6 Å². The van der Waals surface area contributed by atoms with Crippen LogP contribution in [0.1, 0.15) is 29.6 Å². The Morgan fingerprint density at radius 3 is 2.33 bits per heavy atom. The highest BCUT2D eigenvalue weighted by molar-refractivity contribution is 7.94. The number of benzene rings is 1. The van der Waals surface area contributed by atoms with E-state index in [1.807, 2.05) is 0 Å². The number of sulfone groups is 2. The number of carbonyl (C=O) groups excluding carboxylic acids is 1. The van der Waals surface area contributed by atoms with Crippen LogP contribution in [-0.2, 0) is 19.7 Å². The predicted octanol–water partition coefficient (Wildman–Crippen LogP) is 1.90. The largest absolute Gasteiger partial charge is 0.408 e. The molecule has 1 aromatic heterocycles. The van der Waals surface area contributed by atoms with Crippen molar-refractivity contribution >= 4 is 43.2 Å². The molecule has 0 bridgehead atoms. The van der Waals surface area contributed by atoms with Crippen LogP contribution in [0.15, 0.2) is 26.3 Å². The van der Waals surface area contributed by atoms with Gasteiger partial charge < -0.3 is 4.42 Å². The third kappa shape index (κ3) is 4.30. The summed E-state index contributed by atoms with van der Waals surface area (Å²) >= 11 is 6.21. The first kappa shape index (κ1) is 21.3. The first-order chi connectivity index (χ1) is 12.4. The first-order valence-electron chi connectivity index (χ1n) is 7.73. The maximum absolute atomic E-state index is 12.7. The molecular formula is C15H18ClN3O6S2. The molecule has 27 heavy (non-hydrogen) atoms. The Morgan fingerprint density at radius 1 is 1.22 bits per heavy atom. The first-order valence-corrected chi connectivity index (χ1v) is 11.7. The molecule has 0 saturated carbocycles. The van der Waals surface area contributed by atoms with Crippen LogP contribution in [-0.4, -0.2) is 52.0 Å². The number of hydrogen-bond donors (Lipinski definition) is 0. The van der Waals surface area contributed by atoms with E-state index in [0.717, 1.165) is 23.3 Å². The van der Waals surface area contributed by atoms with Crippen LogP contribution < -0.4 is 4.90 Å². The second kappa shape index (κ2) is 7.56. The lowest BCUT2D eigenvalue weighted by atomic mass is 10.2. The Balaban J connectivity index is 2.68. The van der Waals surface area contributed by atoms with Gasteiger partial charge >= 0.3 is 6.01 Å². The summed E-state index contributed by atoms with van der Waals surface area (Å²) in [6, 6.07) is 2.11. The van der Waals surface area contributed by atoms with Crippen LogP contribution in [0.5, 0.6) is 0 Å². The van der Waals surface area contributed by atoms with Crippen molar-refractivity contribution in [1.82, 2.24) is 10.2 Å². The quantitative estimate of drug-likeness (QED) is 0.672. The smallest absolute Gasteiger partial charge is 0.324 e. The molecule has 1 amide bonds. The number of carbonyl (C=O) groups is 1. The molecule has 0 saturated heterocycles. The van der Waals surface area contributed by atoms with Crippen molar-refractivity contribution in [2.75, 3.05) is 24.0 Å².